The zero-order chi connectivity index (χ0) is 22.0. The monoisotopic (exact) mass is 444 g/mol. The highest BCUT2D eigenvalue weighted by atomic mass is 32.1. The standard InChI is InChI=1S/C22H24N2O6S/c1-29-14-4-5-15(16(25)13-14)20(26)18-19(17-3-2-12-31-17)24(22(28)21(18)27)7-6-23-8-10-30-11-9-23/h2-5,12-13,19,25-26H,6-11H2,1H3/t19-/m1/s1. The number of carbonyl (C=O) groups is 2. The number of ketones is 1. The molecule has 2 saturated heterocycles. The summed E-state index contributed by atoms with van der Waals surface area (Å²) in [5, 5.41) is 23.2. The van der Waals surface area contributed by atoms with E-state index in [2.05, 4.69) is 4.90 Å². The van der Waals surface area contributed by atoms with Crippen LogP contribution in [0.5, 0.6) is 11.5 Å². The first-order valence-corrected chi connectivity index (χ1v) is 10.9. The third kappa shape index (κ3) is 4.16. The molecule has 1 aromatic heterocycles. The molecule has 2 aromatic rings. The molecule has 2 N–H and O–H groups in total. The van der Waals surface area contributed by atoms with Gasteiger partial charge in [0.05, 0.1) is 37.5 Å². The number of phenols is 1. The number of ether oxygens (including phenoxy) is 2. The molecule has 4 rings (SSSR count). The van der Waals surface area contributed by atoms with E-state index in [1.165, 1.54) is 35.5 Å². The van der Waals surface area contributed by atoms with Crippen molar-refractivity contribution < 1.29 is 29.3 Å². The predicted octanol–water partition coefficient (Wildman–Crippen LogP) is 2.22. The lowest BCUT2D eigenvalue weighted by Crippen LogP contribution is -2.42. The molecule has 0 spiro atoms. The van der Waals surface area contributed by atoms with Crippen LogP contribution in [0.25, 0.3) is 5.76 Å². The number of thiophene rings is 1. The molecule has 2 aliphatic heterocycles. The number of phenolic OH excluding ortho intramolecular Hbond substituents is 1. The highest BCUT2D eigenvalue weighted by Crippen LogP contribution is 2.42. The van der Waals surface area contributed by atoms with Crippen LogP contribution in [0.2, 0.25) is 0 Å². The van der Waals surface area contributed by atoms with Crippen LogP contribution in [0.3, 0.4) is 0 Å². The largest absolute Gasteiger partial charge is 0.507 e. The number of Topliss-reactive ketones (excluding diaryl/α,β-unsaturated/α-hetero) is 1. The van der Waals surface area contributed by atoms with E-state index in [0.717, 1.165) is 18.0 Å². The van der Waals surface area contributed by atoms with E-state index in [9.17, 15) is 19.8 Å². The second-order valence-corrected chi connectivity index (χ2v) is 8.32. The first-order chi connectivity index (χ1) is 15.0. The molecule has 9 heteroatoms. The topological polar surface area (TPSA) is 99.5 Å². The van der Waals surface area contributed by atoms with Crippen LogP contribution in [0, 0.1) is 0 Å². The van der Waals surface area contributed by atoms with E-state index in [1.807, 2.05) is 17.5 Å². The molecule has 8 nitrogen and oxygen atoms in total. The lowest BCUT2D eigenvalue weighted by Gasteiger charge is -2.30. The minimum atomic E-state index is -0.756. The minimum absolute atomic E-state index is 0.0186. The van der Waals surface area contributed by atoms with Gasteiger partial charge in [-0.25, -0.2) is 0 Å². The molecular formula is C22H24N2O6S. The number of benzene rings is 1. The zero-order valence-corrected chi connectivity index (χ0v) is 17.9. The summed E-state index contributed by atoms with van der Waals surface area (Å²) in [4.78, 5) is 30.4. The Morgan fingerprint density at radius 2 is 2.00 bits per heavy atom. The molecule has 0 aliphatic carbocycles. The van der Waals surface area contributed by atoms with E-state index in [1.54, 1.807) is 6.07 Å². The number of aliphatic hydroxyl groups is 1. The molecule has 1 atom stereocenters. The molecule has 2 fully saturated rings. The first-order valence-electron chi connectivity index (χ1n) is 10.0. The molecule has 1 aromatic carbocycles. The first kappa shape index (κ1) is 21.4. The van der Waals surface area contributed by atoms with E-state index in [-0.39, 0.29) is 16.9 Å². The number of amides is 1. The Balaban J connectivity index is 1.71. The number of hydrogen-bond donors (Lipinski definition) is 2. The molecular weight excluding hydrogens is 420 g/mol. The molecule has 0 radical (unpaired) electrons. The Labute approximate surface area is 183 Å². The van der Waals surface area contributed by atoms with Gasteiger partial charge in [-0.3, -0.25) is 14.5 Å². The van der Waals surface area contributed by atoms with Crippen LogP contribution >= 0.6 is 11.3 Å². The van der Waals surface area contributed by atoms with Crippen molar-refractivity contribution in [2.75, 3.05) is 46.5 Å². The highest BCUT2D eigenvalue weighted by Gasteiger charge is 2.46. The average Bonchev–Trinajstić information content (AvgIpc) is 3.40. The van der Waals surface area contributed by atoms with Crippen molar-refractivity contribution in [3.05, 3.63) is 51.7 Å². The van der Waals surface area contributed by atoms with Crippen molar-refractivity contribution in [2.24, 2.45) is 0 Å². The summed E-state index contributed by atoms with van der Waals surface area (Å²) >= 11 is 1.41. The van der Waals surface area contributed by atoms with Crippen LogP contribution in [-0.4, -0.2) is 78.2 Å². The maximum atomic E-state index is 13.0. The summed E-state index contributed by atoms with van der Waals surface area (Å²) < 4.78 is 10.4. The smallest absolute Gasteiger partial charge is 0.295 e. The molecule has 0 saturated carbocycles. The van der Waals surface area contributed by atoms with Crippen molar-refractivity contribution >= 4 is 28.8 Å². The lowest BCUT2D eigenvalue weighted by molar-refractivity contribution is -0.140. The van der Waals surface area contributed by atoms with Gasteiger partial charge in [-0.1, -0.05) is 6.07 Å². The predicted molar refractivity (Wildman–Crippen MR) is 115 cm³/mol. The maximum Gasteiger partial charge on any atom is 0.295 e. The maximum absolute atomic E-state index is 13.0. The Morgan fingerprint density at radius 3 is 2.65 bits per heavy atom. The Hall–Kier alpha value is -2.88. The number of aromatic hydroxyl groups is 1. The van der Waals surface area contributed by atoms with E-state index in [4.69, 9.17) is 9.47 Å². The normalized spacial score (nSPS) is 21.6. The quantitative estimate of drug-likeness (QED) is 0.400. The SMILES string of the molecule is COc1ccc(C(O)=C2C(=O)C(=O)N(CCN3CCOCC3)[C@@H]2c2cccs2)c(O)c1. The number of methoxy groups -OCH3 is 1. The highest BCUT2D eigenvalue weighted by molar-refractivity contribution is 7.10. The van der Waals surface area contributed by atoms with Crippen LogP contribution in [0.1, 0.15) is 16.5 Å². The lowest BCUT2D eigenvalue weighted by atomic mass is 9.99. The van der Waals surface area contributed by atoms with Gasteiger partial charge in [-0.15, -0.1) is 11.3 Å². The molecule has 164 valence electrons. The van der Waals surface area contributed by atoms with E-state index >= 15 is 0 Å². The van der Waals surface area contributed by atoms with Gasteiger partial charge in [-0.05, 0) is 23.6 Å². The van der Waals surface area contributed by atoms with Crippen molar-refractivity contribution in [3.63, 3.8) is 0 Å². The molecule has 1 amide bonds. The van der Waals surface area contributed by atoms with E-state index in [0.29, 0.717) is 32.1 Å². The summed E-state index contributed by atoms with van der Waals surface area (Å²) in [5.41, 5.74) is 0.0587. The van der Waals surface area contributed by atoms with Crippen molar-refractivity contribution in [1.82, 2.24) is 9.80 Å². The van der Waals surface area contributed by atoms with Crippen LogP contribution < -0.4 is 4.74 Å². The summed E-state index contributed by atoms with van der Waals surface area (Å²) in [5.74, 6) is -1.63. The van der Waals surface area contributed by atoms with Crippen molar-refractivity contribution in [3.8, 4) is 11.5 Å². The number of nitrogens with zero attached hydrogens (tertiary/aromatic N) is 2. The third-order valence-corrected chi connectivity index (χ3v) is 6.50. The van der Waals surface area contributed by atoms with Crippen LogP contribution in [0.4, 0.5) is 0 Å². The minimum Gasteiger partial charge on any atom is -0.507 e. The molecule has 3 heterocycles. The fourth-order valence-electron chi connectivity index (χ4n) is 3.91. The number of rotatable bonds is 6. The molecule has 31 heavy (non-hydrogen) atoms. The second kappa shape index (κ2) is 9.09. The molecule has 0 unspecified atom stereocenters. The van der Waals surface area contributed by atoms with Crippen LogP contribution in [-0.2, 0) is 14.3 Å². The van der Waals surface area contributed by atoms with Gasteiger partial charge in [-0.2, -0.15) is 0 Å². The van der Waals surface area contributed by atoms with Crippen molar-refractivity contribution in [1.29, 1.82) is 0 Å². The summed E-state index contributed by atoms with van der Waals surface area (Å²) in [6.45, 7) is 3.78. The van der Waals surface area contributed by atoms with Gasteiger partial charge in [0, 0.05) is 37.1 Å². The van der Waals surface area contributed by atoms with Crippen molar-refractivity contribution in [2.45, 2.75) is 6.04 Å². The number of morpholine rings is 1. The fraction of sp³-hybridized carbons (Fsp3) is 0.364. The average molecular weight is 445 g/mol. The van der Waals surface area contributed by atoms with Gasteiger partial charge in [0.1, 0.15) is 17.3 Å². The number of aliphatic hydroxyl groups excluding tert-OH is 1. The third-order valence-electron chi connectivity index (χ3n) is 5.57. The second-order valence-electron chi connectivity index (χ2n) is 7.35. The number of hydrogen-bond acceptors (Lipinski definition) is 8. The fourth-order valence-corrected chi connectivity index (χ4v) is 4.76. The van der Waals surface area contributed by atoms with Gasteiger partial charge in [0.25, 0.3) is 11.7 Å². The Morgan fingerprint density at radius 1 is 1.23 bits per heavy atom. The summed E-state index contributed by atoms with van der Waals surface area (Å²) in [7, 11) is 1.46. The van der Waals surface area contributed by atoms with E-state index < -0.39 is 23.5 Å². The summed E-state index contributed by atoms with van der Waals surface area (Å²) in [6, 6.07) is 7.36. The van der Waals surface area contributed by atoms with Gasteiger partial charge in [0.15, 0.2) is 0 Å². The van der Waals surface area contributed by atoms with Gasteiger partial charge >= 0.3 is 0 Å². The Bertz CT molecular complexity index is 997. The zero-order valence-electron chi connectivity index (χ0n) is 17.1. The Kier molecular flexibility index (Phi) is 6.26. The molecule has 0 bridgehead atoms. The van der Waals surface area contributed by atoms with Gasteiger partial charge in [0.2, 0.25) is 0 Å². The molecule has 2 aliphatic rings. The number of likely N-dealkylation sites (tertiary alicyclic amines) is 1. The summed E-state index contributed by atoms with van der Waals surface area (Å²) in [6.07, 6.45) is 0. The van der Waals surface area contributed by atoms with Crippen LogP contribution in [0.15, 0.2) is 41.3 Å². The van der Waals surface area contributed by atoms with Gasteiger partial charge < -0.3 is 24.6 Å². The number of carbonyl (C=O) groups excluding carboxylic acids is 2.